The molecule has 7 atom stereocenters. The predicted molar refractivity (Wildman–Crippen MR) is 87.4 cm³/mol. The summed E-state index contributed by atoms with van der Waals surface area (Å²) in [7, 11) is 0. The molecule has 0 aromatic rings. The van der Waals surface area contributed by atoms with Crippen LogP contribution >= 0.6 is 0 Å². The van der Waals surface area contributed by atoms with Gasteiger partial charge in [0.1, 0.15) is 6.17 Å². The Balaban J connectivity index is 1.76. The number of alkyl halides is 1. The third-order valence-electron chi connectivity index (χ3n) is 7.47. The molecule has 0 aromatic carbocycles. The number of rotatable bonds is 0. The molecule has 1 N–H and O–H groups in total. The Morgan fingerprint density at radius 1 is 1.35 bits per heavy atom. The lowest BCUT2D eigenvalue weighted by molar-refractivity contribution is -0.111. The molecule has 0 heterocycles. The van der Waals surface area contributed by atoms with Gasteiger partial charge in [0.05, 0.1) is 6.10 Å². The lowest BCUT2D eigenvalue weighted by Gasteiger charge is -2.56. The van der Waals surface area contributed by atoms with Crippen LogP contribution in [0.4, 0.5) is 4.39 Å². The van der Waals surface area contributed by atoms with E-state index in [-0.39, 0.29) is 22.5 Å². The third kappa shape index (κ3) is 1.86. The van der Waals surface area contributed by atoms with E-state index < -0.39 is 12.3 Å². The fraction of sp³-hybridized carbons (Fsp3) is 0.650. The maximum atomic E-state index is 14.3. The molecule has 124 valence electrons. The maximum absolute atomic E-state index is 14.3. The third-order valence-corrected chi connectivity index (χ3v) is 7.47. The molecule has 3 saturated carbocycles. The van der Waals surface area contributed by atoms with Crippen molar-refractivity contribution in [2.24, 2.45) is 28.6 Å². The fourth-order valence-corrected chi connectivity index (χ4v) is 6.15. The van der Waals surface area contributed by atoms with E-state index in [0.717, 1.165) is 30.4 Å². The molecule has 4 aliphatic carbocycles. The summed E-state index contributed by atoms with van der Waals surface area (Å²) in [5.74, 6) is 0.987. The normalized spacial score (nSPS) is 51.8. The van der Waals surface area contributed by atoms with Gasteiger partial charge in [0.15, 0.2) is 5.78 Å². The number of carbonyl (C=O) groups excluding carboxylic acids is 1. The van der Waals surface area contributed by atoms with E-state index in [9.17, 15) is 14.3 Å². The summed E-state index contributed by atoms with van der Waals surface area (Å²) in [6, 6.07) is 0. The van der Waals surface area contributed by atoms with Crippen molar-refractivity contribution in [2.45, 2.75) is 51.8 Å². The molecule has 3 heteroatoms. The van der Waals surface area contributed by atoms with Crippen molar-refractivity contribution in [1.82, 2.24) is 0 Å². The van der Waals surface area contributed by atoms with E-state index in [4.69, 9.17) is 0 Å². The van der Waals surface area contributed by atoms with Crippen LogP contribution in [0, 0.1) is 28.6 Å². The molecule has 0 aliphatic heterocycles. The molecule has 0 radical (unpaired) electrons. The average Bonchev–Trinajstić information content (AvgIpc) is 2.73. The number of fused-ring (bicyclic) bond motifs is 5. The number of aliphatic hydroxyl groups is 1. The van der Waals surface area contributed by atoms with Crippen molar-refractivity contribution in [1.29, 1.82) is 0 Å². The molecule has 1 unspecified atom stereocenters. The van der Waals surface area contributed by atoms with E-state index in [1.165, 1.54) is 0 Å². The maximum Gasteiger partial charge on any atom is 0.178 e. The van der Waals surface area contributed by atoms with Crippen LogP contribution in [-0.4, -0.2) is 23.2 Å². The Kier molecular flexibility index (Phi) is 3.10. The summed E-state index contributed by atoms with van der Waals surface area (Å²) in [5.41, 5.74) is 1.61. The highest BCUT2D eigenvalue weighted by atomic mass is 19.1. The zero-order chi connectivity index (χ0) is 16.6. The minimum absolute atomic E-state index is 0.0397. The summed E-state index contributed by atoms with van der Waals surface area (Å²) in [5, 5.41) is 10.4. The van der Waals surface area contributed by atoms with Crippen LogP contribution in [0.2, 0.25) is 0 Å². The molecular weight excluding hydrogens is 291 g/mol. The number of hydrogen-bond donors (Lipinski definition) is 1. The molecule has 0 spiro atoms. The summed E-state index contributed by atoms with van der Waals surface area (Å²) < 4.78 is 14.3. The minimum Gasteiger partial charge on any atom is -0.390 e. The molecular formula is C20H25FO2. The van der Waals surface area contributed by atoms with Crippen LogP contribution in [0.15, 0.2) is 36.0 Å². The molecule has 3 fully saturated rings. The van der Waals surface area contributed by atoms with E-state index in [1.54, 1.807) is 12.2 Å². The van der Waals surface area contributed by atoms with Gasteiger partial charge in [0.25, 0.3) is 0 Å². The van der Waals surface area contributed by atoms with E-state index in [1.807, 2.05) is 6.08 Å². The Morgan fingerprint density at radius 2 is 2.09 bits per heavy atom. The van der Waals surface area contributed by atoms with Crippen molar-refractivity contribution in [3.8, 4) is 0 Å². The van der Waals surface area contributed by atoms with Crippen LogP contribution in [0.25, 0.3) is 0 Å². The Morgan fingerprint density at radius 3 is 2.83 bits per heavy atom. The van der Waals surface area contributed by atoms with Crippen LogP contribution < -0.4 is 0 Å². The number of halogens is 1. The number of aliphatic hydroxyl groups excluding tert-OH is 1. The number of allylic oxidation sites excluding steroid dienone is 5. The highest BCUT2D eigenvalue weighted by molar-refractivity contribution is 6.01. The first-order valence-electron chi connectivity index (χ1n) is 8.73. The van der Waals surface area contributed by atoms with Crippen LogP contribution in [0.3, 0.4) is 0 Å². The van der Waals surface area contributed by atoms with Crippen molar-refractivity contribution in [3.63, 3.8) is 0 Å². The molecule has 0 amide bonds. The van der Waals surface area contributed by atoms with Gasteiger partial charge in [0.2, 0.25) is 0 Å². The molecule has 23 heavy (non-hydrogen) atoms. The molecule has 0 aromatic heterocycles. The van der Waals surface area contributed by atoms with Gasteiger partial charge in [-0.25, -0.2) is 4.39 Å². The van der Waals surface area contributed by atoms with Gasteiger partial charge in [-0.05, 0) is 66.6 Å². The Hall–Kier alpha value is -1.22. The lowest BCUT2D eigenvalue weighted by Crippen LogP contribution is -2.51. The van der Waals surface area contributed by atoms with Crippen LogP contribution in [0.1, 0.15) is 39.5 Å². The zero-order valence-electron chi connectivity index (χ0n) is 13.9. The summed E-state index contributed by atoms with van der Waals surface area (Å²) in [6.07, 6.45) is 6.64. The van der Waals surface area contributed by atoms with Crippen LogP contribution in [-0.2, 0) is 4.79 Å². The van der Waals surface area contributed by atoms with Crippen molar-refractivity contribution >= 4 is 5.78 Å². The van der Waals surface area contributed by atoms with E-state index in [0.29, 0.717) is 18.3 Å². The number of hydrogen-bond acceptors (Lipinski definition) is 2. The second kappa shape index (κ2) is 4.66. The zero-order valence-corrected chi connectivity index (χ0v) is 13.9. The topological polar surface area (TPSA) is 37.3 Å². The highest BCUT2D eigenvalue weighted by Crippen LogP contribution is 2.65. The largest absolute Gasteiger partial charge is 0.390 e. The molecule has 0 bridgehead atoms. The van der Waals surface area contributed by atoms with Crippen LogP contribution in [0.5, 0.6) is 0 Å². The smallest absolute Gasteiger partial charge is 0.178 e. The summed E-state index contributed by atoms with van der Waals surface area (Å²) in [4.78, 5) is 11.8. The molecule has 2 nitrogen and oxygen atoms in total. The SMILES string of the molecule is C=C1C[C@H]2[C@@H]3CC(F)[C@H](O)[C@@]3(C)CC[C@@H]2[C@@]2(C)C=CC(=O)C=C12. The number of ketones is 1. The van der Waals surface area contributed by atoms with Gasteiger partial charge in [0, 0.05) is 5.41 Å². The van der Waals surface area contributed by atoms with Crippen molar-refractivity contribution in [3.05, 3.63) is 36.0 Å². The quantitative estimate of drug-likeness (QED) is 0.738. The van der Waals surface area contributed by atoms with Gasteiger partial charge in [-0.3, -0.25) is 4.79 Å². The van der Waals surface area contributed by atoms with Crippen molar-refractivity contribution < 1.29 is 14.3 Å². The Labute approximate surface area is 137 Å². The molecule has 0 saturated heterocycles. The monoisotopic (exact) mass is 316 g/mol. The van der Waals surface area contributed by atoms with Gasteiger partial charge < -0.3 is 5.11 Å². The standard InChI is InChI=1S/C20H25FO2/c1-11-8-13-14(19(2)6-4-12(22)9-15(11)19)5-7-20(3)16(13)10-17(21)18(20)23/h4,6,9,13-14,16-18,23H,1,5,7-8,10H2,2-3H3/t13-,14+,16+,17?,18+,19-,20+/m1/s1. The van der Waals surface area contributed by atoms with Gasteiger partial charge in [-0.2, -0.15) is 0 Å². The van der Waals surface area contributed by atoms with Crippen molar-refractivity contribution in [2.75, 3.05) is 0 Å². The first-order valence-corrected chi connectivity index (χ1v) is 8.73. The second-order valence-electron chi connectivity index (χ2n) is 8.50. The van der Waals surface area contributed by atoms with Gasteiger partial charge >= 0.3 is 0 Å². The van der Waals surface area contributed by atoms with Gasteiger partial charge in [-0.1, -0.05) is 32.1 Å². The van der Waals surface area contributed by atoms with Gasteiger partial charge in [-0.15, -0.1) is 0 Å². The number of carbonyl (C=O) groups is 1. The first kappa shape index (κ1) is 15.3. The second-order valence-corrected chi connectivity index (χ2v) is 8.50. The Bertz CT molecular complexity index is 648. The average molecular weight is 316 g/mol. The van der Waals surface area contributed by atoms with E-state index >= 15 is 0 Å². The summed E-state index contributed by atoms with van der Waals surface area (Å²) in [6.45, 7) is 8.50. The highest BCUT2D eigenvalue weighted by Gasteiger charge is 2.61. The minimum atomic E-state index is -1.11. The fourth-order valence-electron chi connectivity index (χ4n) is 6.15. The first-order chi connectivity index (χ1) is 10.8. The van der Waals surface area contributed by atoms with E-state index in [2.05, 4.69) is 20.4 Å². The predicted octanol–water partition coefficient (Wildman–Crippen LogP) is 3.77. The summed E-state index contributed by atoms with van der Waals surface area (Å²) >= 11 is 0. The molecule has 4 aliphatic rings. The lowest BCUT2D eigenvalue weighted by atomic mass is 9.47. The molecule has 4 rings (SSSR count).